The number of aliphatic hydroxyl groups is 1. The van der Waals surface area contributed by atoms with Crippen LogP contribution in [0.4, 0.5) is 10.5 Å². The highest BCUT2D eigenvalue weighted by molar-refractivity contribution is 6.32. The Bertz CT molecular complexity index is 498. The minimum Gasteiger partial charge on any atom is -0.392 e. The number of piperazine rings is 1. The van der Waals surface area contributed by atoms with E-state index in [1.165, 1.54) is 0 Å². The molecule has 1 aromatic rings. The van der Waals surface area contributed by atoms with Crippen molar-refractivity contribution in [2.24, 2.45) is 0 Å². The van der Waals surface area contributed by atoms with E-state index in [1.54, 1.807) is 30.2 Å². The van der Waals surface area contributed by atoms with Gasteiger partial charge in [0.05, 0.1) is 11.8 Å². The molecule has 1 saturated heterocycles. The molecule has 2 N–H and O–H groups in total. The largest absolute Gasteiger partial charge is 0.392 e. The lowest BCUT2D eigenvalue weighted by atomic mass is 10.2. The van der Waals surface area contributed by atoms with E-state index in [9.17, 15) is 9.90 Å². The first-order valence-corrected chi connectivity index (χ1v) is 7.43. The number of urea groups is 1. The molecule has 2 amide bonds. The Morgan fingerprint density at radius 2 is 2.38 bits per heavy atom. The Balaban J connectivity index is 1.93. The van der Waals surface area contributed by atoms with Crippen LogP contribution in [0.15, 0.2) is 18.3 Å². The van der Waals surface area contributed by atoms with Crippen LogP contribution in [-0.2, 0) is 0 Å². The van der Waals surface area contributed by atoms with E-state index in [2.05, 4.69) is 15.2 Å². The van der Waals surface area contributed by atoms with Gasteiger partial charge in [-0.05, 0) is 26.0 Å². The van der Waals surface area contributed by atoms with Crippen molar-refractivity contribution in [3.05, 3.63) is 23.5 Å². The number of amides is 2. The van der Waals surface area contributed by atoms with E-state index in [0.717, 1.165) is 13.1 Å². The van der Waals surface area contributed by atoms with E-state index in [1.807, 2.05) is 6.92 Å². The molecule has 21 heavy (non-hydrogen) atoms. The van der Waals surface area contributed by atoms with E-state index in [-0.39, 0.29) is 23.3 Å². The molecule has 2 atom stereocenters. The third kappa shape index (κ3) is 4.30. The zero-order chi connectivity index (χ0) is 15.4. The van der Waals surface area contributed by atoms with Crippen LogP contribution in [0.3, 0.4) is 0 Å². The molecule has 7 heteroatoms. The summed E-state index contributed by atoms with van der Waals surface area (Å²) in [5.41, 5.74) is 0.516. The van der Waals surface area contributed by atoms with Gasteiger partial charge in [0.2, 0.25) is 0 Å². The summed E-state index contributed by atoms with van der Waals surface area (Å²) in [6.45, 7) is 6.53. The van der Waals surface area contributed by atoms with Gasteiger partial charge >= 0.3 is 6.03 Å². The highest BCUT2D eigenvalue weighted by Crippen LogP contribution is 2.19. The number of pyridine rings is 1. The summed E-state index contributed by atoms with van der Waals surface area (Å²) >= 11 is 5.94. The number of aliphatic hydroxyl groups excluding tert-OH is 1. The summed E-state index contributed by atoms with van der Waals surface area (Å²) in [6, 6.07) is 3.36. The molecule has 0 spiro atoms. The van der Waals surface area contributed by atoms with Crippen molar-refractivity contribution in [3.8, 4) is 0 Å². The number of aromatic nitrogens is 1. The fraction of sp³-hybridized carbons (Fsp3) is 0.571. The number of hydrogen-bond acceptors (Lipinski definition) is 4. The molecule has 116 valence electrons. The number of halogens is 1. The van der Waals surface area contributed by atoms with Crippen molar-refractivity contribution in [2.75, 3.05) is 31.5 Å². The molecule has 0 saturated carbocycles. The van der Waals surface area contributed by atoms with Crippen molar-refractivity contribution < 1.29 is 9.90 Å². The Hall–Kier alpha value is -1.37. The summed E-state index contributed by atoms with van der Waals surface area (Å²) in [5, 5.41) is 12.5. The van der Waals surface area contributed by atoms with Gasteiger partial charge in [0.25, 0.3) is 0 Å². The number of carbonyl (C=O) groups excluding carboxylic acids is 1. The Labute approximate surface area is 129 Å². The van der Waals surface area contributed by atoms with E-state index < -0.39 is 0 Å². The van der Waals surface area contributed by atoms with Crippen LogP contribution in [0.1, 0.15) is 13.8 Å². The molecular weight excluding hydrogens is 292 g/mol. The maximum absolute atomic E-state index is 12.3. The first-order chi connectivity index (χ1) is 9.97. The average molecular weight is 313 g/mol. The monoisotopic (exact) mass is 312 g/mol. The third-order valence-corrected chi connectivity index (χ3v) is 3.80. The van der Waals surface area contributed by atoms with Gasteiger partial charge in [-0.2, -0.15) is 0 Å². The van der Waals surface area contributed by atoms with Gasteiger partial charge in [0, 0.05) is 38.4 Å². The second kappa shape index (κ2) is 7.06. The number of β-amino-alcohol motifs (C(OH)–C–C–N with tert-alkyl or cyclic N) is 1. The fourth-order valence-corrected chi connectivity index (χ4v) is 2.71. The zero-order valence-corrected chi connectivity index (χ0v) is 13.0. The number of nitrogens with zero attached hydrogens (tertiary/aromatic N) is 3. The summed E-state index contributed by atoms with van der Waals surface area (Å²) in [4.78, 5) is 20.2. The summed E-state index contributed by atoms with van der Waals surface area (Å²) < 4.78 is 0. The molecule has 1 aliphatic heterocycles. The predicted octanol–water partition coefficient (Wildman–Crippen LogP) is 1.65. The minimum atomic E-state index is -0.355. The van der Waals surface area contributed by atoms with Gasteiger partial charge in [-0.3, -0.25) is 4.90 Å². The molecule has 0 aliphatic carbocycles. The molecule has 2 rings (SSSR count). The number of carbonyl (C=O) groups is 1. The van der Waals surface area contributed by atoms with Crippen LogP contribution in [-0.4, -0.2) is 64.2 Å². The van der Waals surface area contributed by atoms with Gasteiger partial charge in [0.15, 0.2) is 5.15 Å². The van der Waals surface area contributed by atoms with Gasteiger partial charge in [0.1, 0.15) is 0 Å². The van der Waals surface area contributed by atoms with Crippen LogP contribution in [0.5, 0.6) is 0 Å². The number of hydrogen-bond donors (Lipinski definition) is 2. The molecule has 1 aromatic heterocycles. The van der Waals surface area contributed by atoms with Gasteiger partial charge in [-0.1, -0.05) is 11.6 Å². The second-order valence-corrected chi connectivity index (χ2v) is 5.78. The van der Waals surface area contributed by atoms with Crippen molar-refractivity contribution in [1.82, 2.24) is 14.8 Å². The Morgan fingerprint density at radius 3 is 3.00 bits per heavy atom. The van der Waals surface area contributed by atoms with Crippen molar-refractivity contribution >= 4 is 23.3 Å². The lowest BCUT2D eigenvalue weighted by Crippen LogP contribution is -2.56. The van der Waals surface area contributed by atoms with Gasteiger partial charge in [-0.15, -0.1) is 0 Å². The lowest BCUT2D eigenvalue weighted by molar-refractivity contribution is 0.0692. The fourth-order valence-electron chi connectivity index (χ4n) is 2.54. The Morgan fingerprint density at radius 1 is 1.62 bits per heavy atom. The van der Waals surface area contributed by atoms with Gasteiger partial charge < -0.3 is 15.3 Å². The highest BCUT2D eigenvalue weighted by Gasteiger charge is 2.28. The molecule has 0 radical (unpaired) electrons. The standard InChI is InChI=1S/C14H21ClN4O2/c1-10-8-18(9-11(2)20)6-7-19(10)14(21)17-12-4-3-5-16-13(12)15/h3-5,10-11,20H,6-9H2,1-2H3,(H,17,21). The molecule has 1 aliphatic rings. The normalized spacial score (nSPS) is 21.1. The van der Waals surface area contributed by atoms with Crippen LogP contribution in [0.2, 0.25) is 5.15 Å². The summed E-state index contributed by atoms with van der Waals surface area (Å²) in [7, 11) is 0. The maximum atomic E-state index is 12.3. The summed E-state index contributed by atoms with van der Waals surface area (Å²) in [6.07, 6.45) is 1.22. The topological polar surface area (TPSA) is 68.7 Å². The van der Waals surface area contributed by atoms with Gasteiger partial charge in [-0.25, -0.2) is 9.78 Å². The van der Waals surface area contributed by atoms with Crippen LogP contribution < -0.4 is 5.32 Å². The SMILES string of the molecule is CC(O)CN1CCN(C(=O)Nc2cccnc2Cl)C(C)C1. The Kier molecular flexibility index (Phi) is 5.39. The van der Waals surface area contributed by atoms with Crippen molar-refractivity contribution in [1.29, 1.82) is 0 Å². The first-order valence-electron chi connectivity index (χ1n) is 7.06. The quantitative estimate of drug-likeness (QED) is 0.833. The number of nitrogens with one attached hydrogen (secondary N) is 1. The highest BCUT2D eigenvalue weighted by atomic mass is 35.5. The van der Waals surface area contributed by atoms with Crippen LogP contribution in [0, 0.1) is 0 Å². The lowest BCUT2D eigenvalue weighted by Gasteiger charge is -2.40. The molecule has 6 nitrogen and oxygen atoms in total. The first kappa shape index (κ1) is 16.0. The van der Waals surface area contributed by atoms with E-state index in [4.69, 9.17) is 11.6 Å². The van der Waals surface area contributed by atoms with Crippen LogP contribution in [0.25, 0.3) is 0 Å². The third-order valence-electron chi connectivity index (χ3n) is 3.50. The molecular formula is C14H21ClN4O2. The molecule has 0 bridgehead atoms. The van der Waals surface area contributed by atoms with E-state index in [0.29, 0.717) is 18.8 Å². The smallest absolute Gasteiger partial charge is 0.322 e. The average Bonchev–Trinajstić information content (AvgIpc) is 2.40. The second-order valence-electron chi connectivity index (χ2n) is 5.42. The van der Waals surface area contributed by atoms with Crippen LogP contribution >= 0.6 is 11.6 Å². The number of rotatable bonds is 3. The minimum absolute atomic E-state index is 0.0768. The zero-order valence-electron chi connectivity index (χ0n) is 12.3. The summed E-state index contributed by atoms with van der Waals surface area (Å²) in [5.74, 6) is 0. The maximum Gasteiger partial charge on any atom is 0.322 e. The molecule has 1 fully saturated rings. The van der Waals surface area contributed by atoms with Crippen molar-refractivity contribution in [2.45, 2.75) is 26.0 Å². The number of anilines is 1. The molecule has 2 unspecified atom stereocenters. The van der Waals surface area contributed by atoms with Crippen molar-refractivity contribution in [3.63, 3.8) is 0 Å². The van der Waals surface area contributed by atoms with E-state index >= 15 is 0 Å². The molecule has 0 aromatic carbocycles. The predicted molar refractivity (Wildman–Crippen MR) is 82.6 cm³/mol. The molecule has 2 heterocycles.